The van der Waals surface area contributed by atoms with Crippen LogP contribution in [0.15, 0.2) is 6.20 Å². The van der Waals surface area contributed by atoms with E-state index in [-0.39, 0.29) is 5.92 Å². The van der Waals surface area contributed by atoms with Gasteiger partial charge in [0.1, 0.15) is 5.82 Å². The van der Waals surface area contributed by atoms with Crippen molar-refractivity contribution in [1.29, 1.82) is 0 Å². The van der Waals surface area contributed by atoms with E-state index < -0.39 is 0 Å². The molecule has 2 N–H and O–H groups in total. The smallest absolute Gasteiger partial charge is 0.229 e. The van der Waals surface area contributed by atoms with E-state index in [1.54, 1.807) is 10.9 Å². The predicted octanol–water partition coefficient (Wildman–Crippen LogP) is 0.784. The van der Waals surface area contributed by atoms with Gasteiger partial charge in [0, 0.05) is 39.1 Å². The Morgan fingerprint density at radius 3 is 2.58 bits per heavy atom. The molecular formula is C16H23N7O. The van der Waals surface area contributed by atoms with E-state index in [1.165, 1.54) is 0 Å². The molecule has 0 unspecified atom stereocenters. The first-order valence-corrected chi connectivity index (χ1v) is 8.62. The van der Waals surface area contributed by atoms with Crippen molar-refractivity contribution in [3.8, 4) is 0 Å². The third-order valence-electron chi connectivity index (χ3n) is 5.15. The van der Waals surface area contributed by atoms with Gasteiger partial charge in [0.05, 0.1) is 11.6 Å². The largest absolute Gasteiger partial charge is 0.383 e. The van der Waals surface area contributed by atoms with Crippen LogP contribution in [0.4, 0.5) is 11.8 Å². The lowest BCUT2D eigenvalue weighted by Gasteiger charge is -2.33. The number of anilines is 2. The van der Waals surface area contributed by atoms with E-state index in [9.17, 15) is 4.79 Å². The number of rotatable bonds is 2. The Bertz CT molecular complexity index is 757. The average Bonchev–Trinajstić information content (AvgIpc) is 3.25. The maximum absolute atomic E-state index is 12.5. The quantitative estimate of drug-likeness (QED) is 0.875. The molecule has 2 aromatic rings. The molecule has 0 atom stereocenters. The van der Waals surface area contributed by atoms with Gasteiger partial charge in [-0.2, -0.15) is 15.1 Å². The second-order valence-electron chi connectivity index (χ2n) is 6.71. The van der Waals surface area contributed by atoms with Crippen molar-refractivity contribution < 1.29 is 4.79 Å². The van der Waals surface area contributed by atoms with Crippen LogP contribution in [0.1, 0.15) is 25.7 Å². The van der Waals surface area contributed by atoms with Crippen molar-refractivity contribution >= 4 is 28.7 Å². The molecular weight excluding hydrogens is 306 g/mol. The van der Waals surface area contributed by atoms with Crippen LogP contribution in [0.5, 0.6) is 0 Å². The third kappa shape index (κ3) is 2.55. The lowest BCUT2D eigenvalue weighted by molar-refractivity contribution is -0.135. The summed E-state index contributed by atoms with van der Waals surface area (Å²) in [6.07, 6.45) is 5.67. The highest BCUT2D eigenvalue weighted by atomic mass is 16.2. The topological polar surface area (TPSA) is 93.2 Å². The Morgan fingerprint density at radius 1 is 1.17 bits per heavy atom. The summed E-state index contributed by atoms with van der Waals surface area (Å²) < 4.78 is 1.71. The maximum Gasteiger partial charge on any atom is 0.229 e. The molecule has 8 heteroatoms. The van der Waals surface area contributed by atoms with Crippen LogP contribution < -0.4 is 10.6 Å². The Morgan fingerprint density at radius 2 is 1.88 bits per heavy atom. The molecule has 0 spiro atoms. The monoisotopic (exact) mass is 329 g/mol. The zero-order valence-corrected chi connectivity index (χ0v) is 14.0. The molecule has 2 saturated heterocycles. The van der Waals surface area contributed by atoms with Crippen molar-refractivity contribution in [2.75, 3.05) is 36.8 Å². The summed E-state index contributed by atoms with van der Waals surface area (Å²) in [6, 6.07) is 0. The highest BCUT2D eigenvalue weighted by molar-refractivity contribution is 5.86. The number of aryl methyl sites for hydroxylation is 1. The number of hydrogen-bond donors (Lipinski definition) is 1. The van der Waals surface area contributed by atoms with E-state index in [2.05, 4.69) is 20.0 Å². The van der Waals surface area contributed by atoms with E-state index in [1.807, 2.05) is 11.9 Å². The van der Waals surface area contributed by atoms with Gasteiger partial charge in [-0.3, -0.25) is 9.48 Å². The summed E-state index contributed by atoms with van der Waals surface area (Å²) in [6.45, 7) is 3.42. The van der Waals surface area contributed by atoms with Crippen molar-refractivity contribution in [1.82, 2.24) is 24.6 Å². The second-order valence-corrected chi connectivity index (χ2v) is 6.71. The zero-order valence-electron chi connectivity index (χ0n) is 14.0. The van der Waals surface area contributed by atoms with Gasteiger partial charge in [0.15, 0.2) is 5.65 Å². The molecule has 2 fully saturated rings. The number of amides is 1. The van der Waals surface area contributed by atoms with Gasteiger partial charge < -0.3 is 15.5 Å². The highest BCUT2D eigenvalue weighted by Crippen LogP contribution is 2.26. The first-order valence-electron chi connectivity index (χ1n) is 8.62. The molecule has 4 heterocycles. The first-order chi connectivity index (χ1) is 11.6. The van der Waals surface area contributed by atoms with Crippen LogP contribution in [0.2, 0.25) is 0 Å². The summed E-state index contributed by atoms with van der Waals surface area (Å²) in [5.74, 6) is 1.56. The Hall–Kier alpha value is -2.38. The van der Waals surface area contributed by atoms with Crippen LogP contribution >= 0.6 is 0 Å². The zero-order chi connectivity index (χ0) is 16.7. The van der Waals surface area contributed by atoms with E-state index >= 15 is 0 Å². The highest BCUT2D eigenvalue weighted by Gasteiger charge is 2.30. The first kappa shape index (κ1) is 15.2. The Balaban J connectivity index is 1.47. The molecule has 8 nitrogen and oxygen atoms in total. The van der Waals surface area contributed by atoms with Crippen molar-refractivity contribution in [2.45, 2.75) is 25.7 Å². The SMILES string of the molecule is Cn1ncc2c(N)nc(N3CCC(C(=O)N4CCCC4)CC3)nc21. The van der Waals surface area contributed by atoms with Crippen LogP contribution in [-0.4, -0.2) is 56.7 Å². The summed E-state index contributed by atoms with van der Waals surface area (Å²) >= 11 is 0. The molecule has 0 bridgehead atoms. The van der Waals surface area contributed by atoms with Gasteiger partial charge in [-0.05, 0) is 25.7 Å². The number of nitrogens with two attached hydrogens (primary N) is 1. The standard InChI is InChI=1S/C16H23N7O/c1-21-14-12(10-18-21)13(17)19-16(20-14)23-8-4-11(5-9-23)15(24)22-6-2-3-7-22/h10-11H,2-9H2,1H3,(H2,17,19,20). The van der Waals surface area contributed by atoms with E-state index in [0.717, 1.165) is 62.9 Å². The van der Waals surface area contributed by atoms with E-state index in [4.69, 9.17) is 5.73 Å². The molecule has 0 aromatic carbocycles. The summed E-state index contributed by atoms with van der Waals surface area (Å²) in [7, 11) is 1.85. The number of piperidine rings is 1. The number of hydrogen-bond acceptors (Lipinski definition) is 6. The van der Waals surface area contributed by atoms with Gasteiger partial charge in [0.25, 0.3) is 0 Å². The molecule has 2 aliphatic rings. The minimum atomic E-state index is 0.136. The fourth-order valence-corrected chi connectivity index (χ4v) is 3.70. The van der Waals surface area contributed by atoms with Crippen LogP contribution in [0.25, 0.3) is 11.0 Å². The van der Waals surface area contributed by atoms with Crippen molar-refractivity contribution in [3.05, 3.63) is 6.20 Å². The normalized spacial score (nSPS) is 19.4. The fourth-order valence-electron chi connectivity index (χ4n) is 3.70. The van der Waals surface area contributed by atoms with Gasteiger partial charge in [-0.25, -0.2) is 0 Å². The Kier molecular flexibility index (Phi) is 3.74. The second kappa shape index (κ2) is 5.92. The van der Waals surface area contributed by atoms with Crippen molar-refractivity contribution in [3.63, 3.8) is 0 Å². The summed E-state index contributed by atoms with van der Waals surface area (Å²) in [5, 5.41) is 4.97. The number of aromatic nitrogens is 4. The summed E-state index contributed by atoms with van der Waals surface area (Å²) in [5.41, 5.74) is 6.79. The lowest BCUT2D eigenvalue weighted by Crippen LogP contribution is -2.42. The lowest BCUT2D eigenvalue weighted by atomic mass is 9.95. The van der Waals surface area contributed by atoms with Gasteiger partial charge in [-0.15, -0.1) is 0 Å². The molecule has 24 heavy (non-hydrogen) atoms. The summed E-state index contributed by atoms with van der Waals surface area (Å²) in [4.78, 5) is 25.7. The number of likely N-dealkylation sites (tertiary alicyclic amines) is 1. The predicted molar refractivity (Wildman–Crippen MR) is 91.5 cm³/mol. The maximum atomic E-state index is 12.5. The molecule has 128 valence electrons. The van der Waals surface area contributed by atoms with Crippen molar-refractivity contribution in [2.24, 2.45) is 13.0 Å². The number of carbonyl (C=O) groups is 1. The van der Waals surface area contributed by atoms with Gasteiger partial charge >= 0.3 is 0 Å². The van der Waals surface area contributed by atoms with Crippen LogP contribution in [0, 0.1) is 5.92 Å². The van der Waals surface area contributed by atoms with E-state index in [0.29, 0.717) is 17.7 Å². The molecule has 2 aliphatic heterocycles. The molecule has 2 aromatic heterocycles. The molecule has 1 amide bonds. The fraction of sp³-hybridized carbons (Fsp3) is 0.625. The number of fused-ring (bicyclic) bond motifs is 1. The van der Waals surface area contributed by atoms with Gasteiger partial charge in [0.2, 0.25) is 11.9 Å². The number of carbonyl (C=O) groups excluding carboxylic acids is 1. The number of nitrogen functional groups attached to an aromatic ring is 1. The number of nitrogens with zero attached hydrogens (tertiary/aromatic N) is 6. The average molecular weight is 329 g/mol. The molecule has 0 radical (unpaired) electrons. The van der Waals surface area contributed by atoms with Gasteiger partial charge in [-0.1, -0.05) is 0 Å². The molecule has 4 rings (SSSR count). The Labute approximate surface area is 140 Å². The molecule has 0 saturated carbocycles. The minimum absolute atomic E-state index is 0.136. The van der Waals surface area contributed by atoms with Crippen LogP contribution in [-0.2, 0) is 11.8 Å². The van der Waals surface area contributed by atoms with Crippen LogP contribution in [0.3, 0.4) is 0 Å². The minimum Gasteiger partial charge on any atom is -0.383 e. The molecule has 0 aliphatic carbocycles. The third-order valence-corrected chi connectivity index (χ3v) is 5.15.